The summed E-state index contributed by atoms with van der Waals surface area (Å²) in [5.74, 6) is -0.301. The van der Waals surface area contributed by atoms with E-state index in [0.717, 1.165) is 42.2 Å². The second-order valence-corrected chi connectivity index (χ2v) is 6.87. The first kappa shape index (κ1) is 21.7. The highest BCUT2D eigenvalue weighted by atomic mass is 16.7. The van der Waals surface area contributed by atoms with Crippen LogP contribution in [0.3, 0.4) is 0 Å². The monoisotopic (exact) mass is 402 g/mol. The lowest BCUT2D eigenvalue weighted by Gasteiger charge is -2.22. The molecule has 0 bridgehead atoms. The highest BCUT2D eigenvalue weighted by Crippen LogP contribution is 2.24. The lowest BCUT2D eigenvalue weighted by Crippen LogP contribution is -2.24. The molecule has 0 spiro atoms. The maximum Gasteiger partial charge on any atom is 0.338 e. The van der Waals surface area contributed by atoms with Crippen molar-refractivity contribution in [2.75, 3.05) is 39.6 Å². The first-order valence-corrected chi connectivity index (χ1v) is 10.4. The summed E-state index contributed by atoms with van der Waals surface area (Å²) in [7, 11) is 0. The van der Waals surface area contributed by atoms with Crippen LogP contribution in [0.15, 0.2) is 36.4 Å². The van der Waals surface area contributed by atoms with Crippen molar-refractivity contribution in [3.8, 4) is 0 Å². The fraction of sp³-hybridized carbons (Fsp3) is 0.522. The molecule has 2 aromatic rings. The van der Waals surface area contributed by atoms with E-state index in [1.54, 1.807) is 13.0 Å². The molecule has 0 aromatic heterocycles. The van der Waals surface area contributed by atoms with Crippen molar-refractivity contribution < 1.29 is 28.5 Å². The third-order valence-electron chi connectivity index (χ3n) is 4.81. The van der Waals surface area contributed by atoms with Crippen molar-refractivity contribution in [2.24, 2.45) is 0 Å². The van der Waals surface area contributed by atoms with Gasteiger partial charge in [0.1, 0.15) is 0 Å². The molecule has 1 aliphatic heterocycles. The van der Waals surface area contributed by atoms with E-state index in [1.807, 2.05) is 30.3 Å². The Bertz CT molecular complexity index is 769. The minimum atomic E-state index is -0.301. The van der Waals surface area contributed by atoms with Crippen LogP contribution >= 0.6 is 0 Å². The number of hydrogen-bond donors (Lipinski definition) is 0. The van der Waals surface area contributed by atoms with Crippen molar-refractivity contribution in [3.05, 3.63) is 47.5 Å². The van der Waals surface area contributed by atoms with Crippen LogP contribution < -0.4 is 0 Å². The number of fused-ring (bicyclic) bond motifs is 1. The highest BCUT2D eigenvalue weighted by Gasteiger charge is 2.14. The molecule has 29 heavy (non-hydrogen) atoms. The van der Waals surface area contributed by atoms with Crippen molar-refractivity contribution in [1.29, 1.82) is 0 Å². The van der Waals surface area contributed by atoms with E-state index in [2.05, 4.69) is 0 Å². The summed E-state index contributed by atoms with van der Waals surface area (Å²) in [5, 5.41) is 1.88. The molecule has 3 rings (SSSR count). The zero-order chi connectivity index (χ0) is 20.3. The Labute approximate surface area is 172 Å². The van der Waals surface area contributed by atoms with Gasteiger partial charge in [-0.2, -0.15) is 0 Å². The van der Waals surface area contributed by atoms with E-state index in [9.17, 15) is 4.79 Å². The fourth-order valence-corrected chi connectivity index (χ4v) is 3.36. The molecule has 158 valence electrons. The Morgan fingerprint density at radius 2 is 1.79 bits per heavy atom. The number of carbonyl (C=O) groups is 1. The Morgan fingerprint density at radius 3 is 2.59 bits per heavy atom. The van der Waals surface area contributed by atoms with Gasteiger partial charge in [0.15, 0.2) is 6.29 Å². The predicted molar refractivity (Wildman–Crippen MR) is 110 cm³/mol. The molecule has 0 radical (unpaired) electrons. The molecule has 1 unspecified atom stereocenters. The SMILES string of the molecule is CCOC(=O)c1ccc(COCCOCCOC2CCCCO2)c2ccccc12. The summed E-state index contributed by atoms with van der Waals surface area (Å²) in [4.78, 5) is 12.2. The van der Waals surface area contributed by atoms with E-state index in [1.165, 1.54) is 0 Å². The molecule has 6 nitrogen and oxygen atoms in total. The van der Waals surface area contributed by atoms with Gasteiger partial charge < -0.3 is 23.7 Å². The third-order valence-corrected chi connectivity index (χ3v) is 4.81. The summed E-state index contributed by atoms with van der Waals surface area (Å²) < 4.78 is 27.6. The second-order valence-electron chi connectivity index (χ2n) is 6.87. The molecule has 1 fully saturated rings. The van der Waals surface area contributed by atoms with Gasteiger partial charge in [0.05, 0.1) is 45.2 Å². The number of hydrogen-bond acceptors (Lipinski definition) is 6. The van der Waals surface area contributed by atoms with Gasteiger partial charge >= 0.3 is 5.97 Å². The molecule has 1 heterocycles. The lowest BCUT2D eigenvalue weighted by atomic mass is 10.00. The quantitative estimate of drug-likeness (QED) is 0.417. The minimum absolute atomic E-state index is 0.0746. The molecule has 0 N–H and O–H groups in total. The summed E-state index contributed by atoms with van der Waals surface area (Å²) in [6.45, 7) is 5.47. The highest BCUT2D eigenvalue weighted by molar-refractivity contribution is 6.05. The molecule has 6 heteroatoms. The number of benzene rings is 2. The van der Waals surface area contributed by atoms with Crippen molar-refractivity contribution in [1.82, 2.24) is 0 Å². The van der Waals surface area contributed by atoms with Gasteiger partial charge in [-0.05, 0) is 48.6 Å². The maximum atomic E-state index is 12.2. The van der Waals surface area contributed by atoms with E-state index in [0.29, 0.717) is 45.2 Å². The van der Waals surface area contributed by atoms with Crippen LogP contribution in [0, 0.1) is 0 Å². The van der Waals surface area contributed by atoms with Crippen LogP contribution in [0.5, 0.6) is 0 Å². The molecular formula is C23H30O6. The molecule has 1 saturated heterocycles. The largest absolute Gasteiger partial charge is 0.462 e. The number of esters is 1. The molecule has 2 aromatic carbocycles. The van der Waals surface area contributed by atoms with Gasteiger partial charge in [0.25, 0.3) is 0 Å². The minimum Gasteiger partial charge on any atom is -0.462 e. The molecule has 1 aliphatic rings. The predicted octanol–water partition coefficient (Wildman–Crippen LogP) is 4.09. The smallest absolute Gasteiger partial charge is 0.338 e. The number of carbonyl (C=O) groups excluding carboxylic acids is 1. The van der Waals surface area contributed by atoms with Gasteiger partial charge in [-0.25, -0.2) is 4.79 Å². The summed E-state index contributed by atoms with van der Waals surface area (Å²) in [6.07, 6.45) is 3.17. The van der Waals surface area contributed by atoms with Gasteiger partial charge in [-0.1, -0.05) is 30.3 Å². The van der Waals surface area contributed by atoms with Crippen molar-refractivity contribution in [3.63, 3.8) is 0 Å². The molecule has 0 aliphatic carbocycles. The summed E-state index contributed by atoms with van der Waals surface area (Å²) >= 11 is 0. The van der Waals surface area contributed by atoms with Crippen LogP contribution in [0.25, 0.3) is 10.8 Å². The number of ether oxygens (including phenoxy) is 5. The van der Waals surface area contributed by atoms with Crippen molar-refractivity contribution in [2.45, 2.75) is 39.1 Å². The topological polar surface area (TPSA) is 63.2 Å². The van der Waals surface area contributed by atoms with Crippen molar-refractivity contribution >= 4 is 16.7 Å². The van der Waals surface area contributed by atoms with Crippen LogP contribution in [0.2, 0.25) is 0 Å². The maximum absolute atomic E-state index is 12.2. The Morgan fingerprint density at radius 1 is 1.00 bits per heavy atom. The standard InChI is InChI=1S/C23H30O6/c1-2-27-23(24)21-11-10-18(19-7-3-4-8-20(19)21)17-26-14-13-25-15-16-29-22-9-5-6-12-28-22/h3-4,7-8,10-11,22H,2,5-6,9,12-17H2,1H3. The normalized spacial score (nSPS) is 16.8. The first-order valence-electron chi connectivity index (χ1n) is 10.4. The van der Waals surface area contributed by atoms with E-state index in [4.69, 9.17) is 23.7 Å². The first-order chi connectivity index (χ1) is 14.3. The zero-order valence-electron chi connectivity index (χ0n) is 17.1. The van der Waals surface area contributed by atoms with E-state index in [-0.39, 0.29) is 12.3 Å². The average Bonchev–Trinajstić information content (AvgIpc) is 2.76. The van der Waals surface area contributed by atoms with Crippen LogP contribution in [-0.4, -0.2) is 51.9 Å². The lowest BCUT2D eigenvalue weighted by molar-refractivity contribution is -0.169. The molecule has 1 atom stereocenters. The Kier molecular flexibility index (Phi) is 8.89. The Hall–Kier alpha value is -1.99. The van der Waals surface area contributed by atoms with Crippen LogP contribution in [-0.2, 0) is 30.3 Å². The average molecular weight is 402 g/mol. The summed E-state index contributed by atoms with van der Waals surface area (Å²) in [6, 6.07) is 11.5. The second kappa shape index (κ2) is 11.9. The third kappa shape index (κ3) is 6.51. The van der Waals surface area contributed by atoms with Crippen LogP contribution in [0.4, 0.5) is 0 Å². The van der Waals surface area contributed by atoms with E-state index >= 15 is 0 Å². The van der Waals surface area contributed by atoms with Gasteiger partial charge in [0.2, 0.25) is 0 Å². The van der Waals surface area contributed by atoms with E-state index < -0.39 is 0 Å². The fourth-order valence-electron chi connectivity index (χ4n) is 3.36. The molecule has 0 amide bonds. The number of rotatable bonds is 11. The molecule has 0 saturated carbocycles. The van der Waals surface area contributed by atoms with Gasteiger partial charge in [-0.3, -0.25) is 0 Å². The summed E-state index contributed by atoms with van der Waals surface area (Å²) in [5.41, 5.74) is 1.61. The Balaban J connectivity index is 1.40. The van der Waals surface area contributed by atoms with Gasteiger partial charge in [0, 0.05) is 6.61 Å². The zero-order valence-corrected chi connectivity index (χ0v) is 17.1. The van der Waals surface area contributed by atoms with Crippen LogP contribution in [0.1, 0.15) is 42.1 Å². The molecular weight excluding hydrogens is 372 g/mol. The van der Waals surface area contributed by atoms with Gasteiger partial charge in [-0.15, -0.1) is 0 Å².